The van der Waals surface area contributed by atoms with Gasteiger partial charge in [-0.3, -0.25) is 10.3 Å². The first-order valence-electron chi connectivity index (χ1n) is 7.47. The highest BCUT2D eigenvalue weighted by Crippen LogP contribution is 2.41. The highest BCUT2D eigenvalue weighted by atomic mass is 35.6. The average Bonchev–Trinajstić information content (AvgIpc) is 3.10. The van der Waals surface area contributed by atoms with Gasteiger partial charge < -0.3 is 9.47 Å². The van der Waals surface area contributed by atoms with Crippen molar-refractivity contribution < 1.29 is 14.3 Å². The summed E-state index contributed by atoms with van der Waals surface area (Å²) in [5, 5.41) is 2.83. The molecule has 2 aliphatic carbocycles. The van der Waals surface area contributed by atoms with Gasteiger partial charge in [-0.25, -0.2) is 4.79 Å². The molecule has 1 amide bonds. The van der Waals surface area contributed by atoms with Gasteiger partial charge in [0.25, 0.3) is 0 Å². The fourth-order valence-corrected chi connectivity index (χ4v) is 3.40. The third-order valence-corrected chi connectivity index (χ3v) is 4.52. The maximum atomic E-state index is 12.0. The zero-order chi connectivity index (χ0) is 16.6. The van der Waals surface area contributed by atoms with E-state index in [1.54, 1.807) is 7.11 Å². The van der Waals surface area contributed by atoms with Crippen LogP contribution in [0.15, 0.2) is 0 Å². The Kier molecular flexibility index (Phi) is 4.93. The van der Waals surface area contributed by atoms with E-state index in [1.165, 1.54) is 0 Å². The molecule has 0 spiro atoms. The lowest BCUT2D eigenvalue weighted by atomic mass is 10.1. The number of carbonyl (C=O) groups excluding carboxylic acids is 1. The number of amides is 1. The SMILES string of the molecule is COC1CCc2c1nc1c(c2NC(=O)OCC(Cl)(Cl)Cl)CCC1. The summed E-state index contributed by atoms with van der Waals surface area (Å²) in [6, 6.07) is 0. The largest absolute Gasteiger partial charge is 0.445 e. The number of hydrogen-bond acceptors (Lipinski definition) is 4. The molecular weight excluding hydrogens is 363 g/mol. The highest BCUT2D eigenvalue weighted by Gasteiger charge is 2.32. The van der Waals surface area contributed by atoms with E-state index in [1.807, 2.05) is 0 Å². The number of alkyl halides is 3. The van der Waals surface area contributed by atoms with Crippen molar-refractivity contribution in [2.45, 2.75) is 42.0 Å². The average molecular weight is 380 g/mol. The normalized spacial score (nSPS) is 19.4. The van der Waals surface area contributed by atoms with Gasteiger partial charge in [0.15, 0.2) is 0 Å². The van der Waals surface area contributed by atoms with Crippen LogP contribution >= 0.6 is 34.8 Å². The Hall–Kier alpha value is -0.750. The van der Waals surface area contributed by atoms with Gasteiger partial charge in [0.1, 0.15) is 6.61 Å². The second-order valence-electron chi connectivity index (χ2n) is 5.71. The first-order chi connectivity index (χ1) is 10.9. The van der Waals surface area contributed by atoms with E-state index in [0.717, 1.165) is 60.3 Å². The molecule has 0 aliphatic heterocycles. The Labute approximate surface area is 149 Å². The minimum Gasteiger partial charge on any atom is -0.445 e. The fraction of sp³-hybridized carbons (Fsp3) is 0.600. The Morgan fingerprint density at radius 2 is 2.09 bits per heavy atom. The Morgan fingerprint density at radius 3 is 2.78 bits per heavy atom. The Balaban J connectivity index is 1.86. The molecule has 0 radical (unpaired) electrons. The van der Waals surface area contributed by atoms with E-state index in [0.29, 0.717) is 0 Å². The van der Waals surface area contributed by atoms with Gasteiger partial charge >= 0.3 is 6.09 Å². The molecule has 23 heavy (non-hydrogen) atoms. The maximum absolute atomic E-state index is 12.0. The molecule has 0 saturated heterocycles. The van der Waals surface area contributed by atoms with E-state index < -0.39 is 9.89 Å². The summed E-state index contributed by atoms with van der Waals surface area (Å²) in [6.45, 7) is -0.306. The number of methoxy groups -OCH3 is 1. The van der Waals surface area contributed by atoms with Gasteiger partial charge in [-0.15, -0.1) is 0 Å². The molecule has 1 aromatic heterocycles. The number of hydrogen-bond donors (Lipinski definition) is 1. The van der Waals surface area contributed by atoms with Crippen molar-refractivity contribution in [3.63, 3.8) is 0 Å². The number of ether oxygens (including phenoxy) is 2. The third-order valence-electron chi connectivity index (χ3n) is 4.20. The lowest BCUT2D eigenvalue weighted by Gasteiger charge is -2.17. The van der Waals surface area contributed by atoms with Gasteiger partial charge in [-0.1, -0.05) is 34.8 Å². The van der Waals surface area contributed by atoms with Crippen LogP contribution in [0.5, 0.6) is 0 Å². The van der Waals surface area contributed by atoms with Gasteiger partial charge in [0.05, 0.1) is 17.5 Å². The molecule has 1 N–H and O–H groups in total. The summed E-state index contributed by atoms with van der Waals surface area (Å²) in [6.07, 6.45) is 3.87. The van der Waals surface area contributed by atoms with E-state index in [4.69, 9.17) is 49.3 Å². The van der Waals surface area contributed by atoms with Crippen molar-refractivity contribution in [1.29, 1.82) is 0 Å². The molecule has 1 aromatic rings. The third kappa shape index (κ3) is 3.68. The summed E-state index contributed by atoms with van der Waals surface area (Å²) in [4.78, 5) is 16.8. The van der Waals surface area contributed by atoms with E-state index in [9.17, 15) is 4.79 Å². The van der Waals surface area contributed by atoms with Crippen LogP contribution in [0.25, 0.3) is 0 Å². The van der Waals surface area contributed by atoms with Crippen LogP contribution in [-0.4, -0.2) is 28.6 Å². The first kappa shape index (κ1) is 17.1. The van der Waals surface area contributed by atoms with Crippen LogP contribution in [0.4, 0.5) is 10.5 Å². The van der Waals surface area contributed by atoms with E-state index in [2.05, 4.69) is 5.32 Å². The maximum Gasteiger partial charge on any atom is 0.411 e. The van der Waals surface area contributed by atoms with Crippen LogP contribution in [0, 0.1) is 0 Å². The summed E-state index contributed by atoms with van der Waals surface area (Å²) in [5.74, 6) is 0. The zero-order valence-corrected chi connectivity index (χ0v) is 14.9. The number of rotatable bonds is 3. The molecule has 0 saturated carbocycles. The Morgan fingerprint density at radius 1 is 1.30 bits per heavy atom. The predicted octanol–water partition coefficient (Wildman–Crippen LogP) is 4.12. The molecule has 0 bridgehead atoms. The summed E-state index contributed by atoms with van der Waals surface area (Å²) in [7, 11) is 1.68. The molecule has 3 rings (SSSR count). The molecular formula is C15H17Cl3N2O3. The number of halogens is 3. The molecule has 1 unspecified atom stereocenters. The van der Waals surface area contributed by atoms with Crippen LogP contribution < -0.4 is 5.32 Å². The second kappa shape index (κ2) is 6.63. The van der Waals surface area contributed by atoms with Gasteiger partial charge in [-0.2, -0.15) is 0 Å². The molecule has 2 aliphatic rings. The van der Waals surface area contributed by atoms with Gasteiger partial charge in [-0.05, 0) is 37.7 Å². The first-order valence-corrected chi connectivity index (χ1v) is 8.60. The van der Waals surface area contributed by atoms with Crippen molar-refractivity contribution in [2.75, 3.05) is 19.0 Å². The molecule has 8 heteroatoms. The number of pyridine rings is 1. The monoisotopic (exact) mass is 378 g/mol. The van der Waals surface area contributed by atoms with Crippen molar-refractivity contribution in [2.24, 2.45) is 0 Å². The van der Waals surface area contributed by atoms with Crippen LogP contribution in [-0.2, 0) is 28.7 Å². The molecule has 126 valence electrons. The van der Waals surface area contributed by atoms with Crippen LogP contribution in [0.2, 0.25) is 0 Å². The van der Waals surface area contributed by atoms with Crippen molar-refractivity contribution in [3.8, 4) is 0 Å². The summed E-state index contributed by atoms with van der Waals surface area (Å²) in [5.41, 5.74) is 4.88. The molecule has 0 fully saturated rings. The number of anilines is 1. The van der Waals surface area contributed by atoms with Crippen molar-refractivity contribution >= 4 is 46.6 Å². The number of fused-ring (bicyclic) bond motifs is 2. The minimum absolute atomic E-state index is 0.0198. The number of carbonyl (C=O) groups is 1. The smallest absolute Gasteiger partial charge is 0.411 e. The quantitative estimate of drug-likeness (QED) is 0.802. The minimum atomic E-state index is -1.62. The fourth-order valence-electron chi connectivity index (χ4n) is 3.24. The number of aryl methyl sites for hydroxylation is 1. The molecule has 1 atom stereocenters. The molecule has 5 nitrogen and oxygen atoms in total. The zero-order valence-electron chi connectivity index (χ0n) is 12.6. The van der Waals surface area contributed by atoms with E-state index >= 15 is 0 Å². The van der Waals surface area contributed by atoms with E-state index in [-0.39, 0.29) is 12.7 Å². The number of nitrogens with one attached hydrogen (secondary N) is 1. The topological polar surface area (TPSA) is 60.5 Å². The van der Waals surface area contributed by atoms with Gasteiger partial charge in [0.2, 0.25) is 3.79 Å². The second-order valence-corrected chi connectivity index (χ2v) is 8.22. The lowest BCUT2D eigenvalue weighted by Crippen LogP contribution is -2.22. The standard InChI is InChI=1S/C15H17Cl3N2O3/c1-22-11-6-5-9-12(20-14(21)23-7-15(16,17)18)8-3-2-4-10(8)19-13(9)11/h11H,2-7H2,1H3,(H,19,20,21). The highest BCUT2D eigenvalue weighted by molar-refractivity contribution is 6.67. The van der Waals surface area contributed by atoms with Crippen LogP contribution in [0.1, 0.15) is 41.5 Å². The van der Waals surface area contributed by atoms with Crippen molar-refractivity contribution in [1.82, 2.24) is 4.98 Å². The van der Waals surface area contributed by atoms with Crippen molar-refractivity contribution in [3.05, 3.63) is 22.5 Å². The molecule has 1 heterocycles. The number of aromatic nitrogens is 1. The van der Waals surface area contributed by atoms with Crippen LogP contribution in [0.3, 0.4) is 0 Å². The summed E-state index contributed by atoms with van der Waals surface area (Å²) >= 11 is 16.8. The number of nitrogens with zero attached hydrogens (tertiary/aromatic N) is 1. The molecule has 0 aromatic carbocycles. The summed E-state index contributed by atoms with van der Waals surface area (Å²) < 4.78 is 8.85. The van der Waals surface area contributed by atoms with Gasteiger partial charge in [0, 0.05) is 18.4 Å². The Bertz CT molecular complexity index is 631. The lowest BCUT2D eigenvalue weighted by molar-refractivity contribution is 0.102. The predicted molar refractivity (Wildman–Crippen MR) is 89.6 cm³/mol.